The maximum Gasteiger partial charge on any atom is 0.220 e. The summed E-state index contributed by atoms with van der Waals surface area (Å²) in [4.78, 5) is 21.4. The molecule has 0 aromatic rings. The summed E-state index contributed by atoms with van der Waals surface area (Å²) in [5, 5.41) is 11.4. The van der Waals surface area contributed by atoms with Gasteiger partial charge in [0.25, 0.3) is 0 Å². The van der Waals surface area contributed by atoms with Gasteiger partial charge in [-0.15, -0.1) is 0 Å². The molecule has 76 valence electrons. The summed E-state index contributed by atoms with van der Waals surface area (Å²) < 4.78 is 0. The molecule has 0 spiro atoms. The van der Waals surface area contributed by atoms with Crippen LogP contribution in [-0.2, 0) is 9.59 Å². The quantitative estimate of drug-likeness (QED) is 0.487. The molecule has 5 nitrogen and oxygen atoms in total. The van der Waals surface area contributed by atoms with Crippen LogP contribution in [0, 0.1) is 0 Å². The molecule has 4 N–H and O–H groups in total. The summed E-state index contributed by atoms with van der Waals surface area (Å²) in [6, 6.07) is 0. The van der Waals surface area contributed by atoms with Crippen LogP contribution in [-0.4, -0.2) is 36.0 Å². The Labute approximate surface area is 77.3 Å². The molecule has 0 heterocycles. The first kappa shape index (κ1) is 12.1. The van der Waals surface area contributed by atoms with E-state index in [2.05, 4.69) is 5.32 Å². The second kappa shape index (κ2) is 6.56. The van der Waals surface area contributed by atoms with E-state index >= 15 is 0 Å². The highest BCUT2D eigenvalue weighted by Crippen LogP contribution is 1.89. The SMILES string of the molecule is CC(=O)CCC(=O)NCC(O)CN. The smallest absolute Gasteiger partial charge is 0.220 e. The van der Waals surface area contributed by atoms with Crippen molar-refractivity contribution >= 4 is 11.7 Å². The first-order chi connectivity index (χ1) is 6.06. The van der Waals surface area contributed by atoms with Gasteiger partial charge in [0, 0.05) is 25.9 Å². The van der Waals surface area contributed by atoms with E-state index in [1.165, 1.54) is 6.92 Å². The van der Waals surface area contributed by atoms with Gasteiger partial charge in [-0.2, -0.15) is 0 Å². The molecule has 0 aromatic heterocycles. The molecule has 5 heteroatoms. The van der Waals surface area contributed by atoms with Gasteiger partial charge < -0.3 is 21.0 Å². The molecule has 0 aromatic carbocycles. The molecule has 0 aliphatic carbocycles. The summed E-state index contributed by atoms with van der Waals surface area (Å²) in [6.45, 7) is 1.70. The summed E-state index contributed by atoms with van der Waals surface area (Å²) >= 11 is 0. The van der Waals surface area contributed by atoms with Crippen LogP contribution < -0.4 is 11.1 Å². The summed E-state index contributed by atoms with van der Waals surface area (Å²) in [5.41, 5.74) is 5.13. The van der Waals surface area contributed by atoms with Crippen molar-refractivity contribution in [2.45, 2.75) is 25.9 Å². The monoisotopic (exact) mass is 188 g/mol. The van der Waals surface area contributed by atoms with Gasteiger partial charge >= 0.3 is 0 Å². The van der Waals surface area contributed by atoms with Gasteiger partial charge in [-0.25, -0.2) is 0 Å². The molecule has 0 saturated heterocycles. The van der Waals surface area contributed by atoms with Gasteiger partial charge in [0.05, 0.1) is 6.10 Å². The number of carbonyl (C=O) groups excluding carboxylic acids is 2. The van der Waals surface area contributed by atoms with E-state index in [-0.39, 0.29) is 37.6 Å². The summed E-state index contributed by atoms with van der Waals surface area (Å²) in [6.07, 6.45) is -0.293. The molecule has 0 radical (unpaired) electrons. The Morgan fingerprint density at radius 2 is 2.08 bits per heavy atom. The van der Waals surface area contributed by atoms with Crippen molar-refractivity contribution in [2.24, 2.45) is 5.73 Å². The van der Waals surface area contributed by atoms with E-state index in [9.17, 15) is 9.59 Å². The van der Waals surface area contributed by atoms with Crippen LogP contribution in [0.3, 0.4) is 0 Å². The van der Waals surface area contributed by atoms with Crippen molar-refractivity contribution in [2.75, 3.05) is 13.1 Å². The molecule has 0 fully saturated rings. The molecule has 0 aliphatic rings. The Morgan fingerprint density at radius 3 is 2.54 bits per heavy atom. The van der Waals surface area contributed by atoms with Crippen LogP contribution in [0.1, 0.15) is 19.8 Å². The normalized spacial score (nSPS) is 12.2. The number of carbonyl (C=O) groups is 2. The van der Waals surface area contributed by atoms with E-state index in [1.807, 2.05) is 0 Å². The van der Waals surface area contributed by atoms with E-state index in [0.29, 0.717) is 0 Å². The standard InChI is InChI=1S/C8H16N2O3/c1-6(11)2-3-8(13)10-5-7(12)4-9/h7,12H,2-5,9H2,1H3,(H,10,13). The molecule has 0 aliphatic heterocycles. The fourth-order valence-corrected chi connectivity index (χ4v) is 0.693. The van der Waals surface area contributed by atoms with Gasteiger partial charge in [0.1, 0.15) is 5.78 Å². The lowest BCUT2D eigenvalue weighted by atomic mass is 10.2. The zero-order valence-electron chi connectivity index (χ0n) is 7.75. The maximum atomic E-state index is 11.0. The van der Waals surface area contributed by atoms with E-state index < -0.39 is 6.10 Å². The average Bonchev–Trinajstić information content (AvgIpc) is 2.10. The van der Waals surface area contributed by atoms with Crippen molar-refractivity contribution in [3.63, 3.8) is 0 Å². The largest absolute Gasteiger partial charge is 0.390 e. The van der Waals surface area contributed by atoms with Crippen LogP contribution in [0.15, 0.2) is 0 Å². The minimum atomic E-state index is -0.707. The minimum Gasteiger partial charge on any atom is -0.390 e. The number of aliphatic hydroxyl groups excluding tert-OH is 1. The van der Waals surface area contributed by atoms with Crippen molar-refractivity contribution in [1.82, 2.24) is 5.32 Å². The van der Waals surface area contributed by atoms with E-state index in [1.54, 1.807) is 0 Å². The third kappa shape index (κ3) is 7.42. The predicted octanol–water partition coefficient (Wildman–Crippen LogP) is -1.21. The summed E-state index contributed by atoms with van der Waals surface area (Å²) in [5.74, 6) is -0.253. The number of rotatable bonds is 6. The number of nitrogens with two attached hydrogens (primary N) is 1. The molecule has 0 bridgehead atoms. The highest BCUT2D eigenvalue weighted by atomic mass is 16.3. The Morgan fingerprint density at radius 1 is 1.46 bits per heavy atom. The molecule has 0 rings (SSSR count). The van der Waals surface area contributed by atoms with E-state index in [0.717, 1.165) is 0 Å². The molecular formula is C8H16N2O3. The molecule has 1 amide bonds. The zero-order chi connectivity index (χ0) is 10.3. The van der Waals surface area contributed by atoms with Gasteiger partial charge in [0.2, 0.25) is 5.91 Å². The van der Waals surface area contributed by atoms with Gasteiger partial charge in [-0.1, -0.05) is 0 Å². The fraction of sp³-hybridized carbons (Fsp3) is 0.750. The fourth-order valence-electron chi connectivity index (χ4n) is 0.693. The second-order valence-corrected chi connectivity index (χ2v) is 2.90. The first-order valence-electron chi connectivity index (χ1n) is 4.20. The Kier molecular flexibility index (Phi) is 6.09. The zero-order valence-corrected chi connectivity index (χ0v) is 7.75. The molecule has 1 atom stereocenters. The van der Waals surface area contributed by atoms with Crippen LogP contribution in [0.2, 0.25) is 0 Å². The number of ketones is 1. The van der Waals surface area contributed by atoms with Crippen LogP contribution >= 0.6 is 0 Å². The third-order valence-corrected chi connectivity index (χ3v) is 1.51. The lowest BCUT2D eigenvalue weighted by molar-refractivity contribution is -0.124. The van der Waals surface area contributed by atoms with Crippen molar-refractivity contribution in [1.29, 1.82) is 0 Å². The van der Waals surface area contributed by atoms with Crippen molar-refractivity contribution in [3.8, 4) is 0 Å². The number of nitrogens with one attached hydrogen (secondary N) is 1. The Bertz CT molecular complexity index is 182. The van der Waals surface area contributed by atoms with Gasteiger partial charge in [-0.05, 0) is 6.92 Å². The third-order valence-electron chi connectivity index (χ3n) is 1.51. The number of Topliss-reactive ketones (excluding diaryl/α,β-unsaturated/α-hetero) is 1. The highest BCUT2D eigenvalue weighted by Gasteiger charge is 2.05. The number of amides is 1. The average molecular weight is 188 g/mol. The van der Waals surface area contributed by atoms with Crippen LogP contribution in [0.4, 0.5) is 0 Å². The highest BCUT2D eigenvalue weighted by molar-refractivity contribution is 5.83. The lowest BCUT2D eigenvalue weighted by Gasteiger charge is -2.08. The number of hydrogen-bond donors (Lipinski definition) is 3. The van der Waals surface area contributed by atoms with Crippen molar-refractivity contribution < 1.29 is 14.7 Å². The van der Waals surface area contributed by atoms with Gasteiger partial charge in [0.15, 0.2) is 0 Å². The molecule has 13 heavy (non-hydrogen) atoms. The lowest BCUT2D eigenvalue weighted by Crippen LogP contribution is -2.36. The molecule has 0 saturated carbocycles. The van der Waals surface area contributed by atoms with E-state index in [4.69, 9.17) is 10.8 Å². The maximum absolute atomic E-state index is 11.0. The Hall–Kier alpha value is -0.940. The molecular weight excluding hydrogens is 172 g/mol. The number of aliphatic hydroxyl groups is 1. The van der Waals surface area contributed by atoms with Crippen LogP contribution in [0.25, 0.3) is 0 Å². The van der Waals surface area contributed by atoms with Crippen molar-refractivity contribution in [3.05, 3.63) is 0 Å². The minimum absolute atomic E-state index is 0.0190. The molecule has 1 unspecified atom stereocenters. The first-order valence-corrected chi connectivity index (χ1v) is 4.20. The van der Waals surface area contributed by atoms with Crippen LogP contribution in [0.5, 0.6) is 0 Å². The predicted molar refractivity (Wildman–Crippen MR) is 48.0 cm³/mol. The second-order valence-electron chi connectivity index (χ2n) is 2.90. The number of hydrogen-bond acceptors (Lipinski definition) is 4. The van der Waals surface area contributed by atoms with Gasteiger partial charge in [-0.3, -0.25) is 4.79 Å². The summed E-state index contributed by atoms with van der Waals surface area (Å²) in [7, 11) is 0. The Balaban J connectivity index is 3.46. The topological polar surface area (TPSA) is 92.4 Å².